The van der Waals surface area contributed by atoms with Gasteiger partial charge in [0.1, 0.15) is 11.9 Å². The molecule has 2 fully saturated rings. The van der Waals surface area contributed by atoms with Crippen molar-refractivity contribution in [3.63, 3.8) is 0 Å². The molecule has 2 aliphatic heterocycles. The molecule has 0 saturated carbocycles. The van der Waals surface area contributed by atoms with Crippen LogP contribution in [0.3, 0.4) is 0 Å². The molecule has 4 rings (SSSR count). The number of carbonyl (C=O) groups excluding carboxylic acids is 1. The van der Waals surface area contributed by atoms with Gasteiger partial charge < -0.3 is 14.4 Å². The van der Waals surface area contributed by atoms with E-state index < -0.39 is 5.60 Å². The van der Waals surface area contributed by atoms with Crippen LogP contribution in [0.5, 0.6) is 0 Å². The largest absolute Gasteiger partial charge is 0.472 e. The quantitative estimate of drug-likeness (QED) is 0.933. The lowest BCUT2D eigenvalue weighted by molar-refractivity contribution is -0.0878. The Hall–Kier alpha value is -2.11. The van der Waals surface area contributed by atoms with E-state index in [9.17, 15) is 9.90 Å². The second kappa shape index (κ2) is 6.65. The standard InChI is InChI=1S/C20H24N2O3/c23-19(16-8-13-25-15-16)22-12-9-20(24,17-6-2-1-3-7-17)18(14-22)21-10-4-5-11-21/h1-3,6-8,13,15,18,24H,4-5,9-12,14H2. The molecule has 1 amide bonds. The highest BCUT2D eigenvalue weighted by Crippen LogP contribution is 2.37. The van der Waals surface area contributed by atoms with Gasteiger partial charge in [0.25, 0.3) is 5.91 Å². The lowest BCUT2D eigenvalue weighted by Crippen LogP contribution is -2.61. The zero-order chi connectivity index (χ0) is 17.3. The highest BCUT2D eigenvalue weighted by atomic mass is 16.3. The topological polar surface area (TPSA) is 56.9 Å². The molecule has 1 aromatic heterocycles. The van der Waals surface area contributed by atoms with Crippen LogP contribution in [0.25, 0.3) is 0 Å². The molecule has 1 aromatic carbocycles. The molecule has 0 aliphatic carbocycles. The fourth-order valence-corrected chi connectivity index (χ4v) is 4.21. The SMILES string of the molecule is O=C(c1ccoc1)N1CCC(O)(c2ccccc2)C(N2CCCC2)C1. The van der Waals surface area contributed by atoms with E-state index in [1.54, 1.807) is 6.07 Å². The van der Waals surface area contributed by atoms with Crippen molar-refractivity contribution in [2.24, 2.45) is 0 Å². The minimum absolute atomic E-state index is 0.0203. The zero-order valence-corrected chi connectivity index (χ0v) is 14.3. The number of benzene rings is 1. The Morgan fingerprint density at radius 1 is 1.12 bits per heavy atom. The molecular weight excluding hydrogens is 316 g/mol. The first kappa shape index (κ1) is 16.4. The Kier molecular flexibility index (Phi) is 4.36. The molecule has 5 heteroatoms. The van der Waals surface area contributed by atoms with E-state index in [1.165, 1.54) is 12.5 Å². The molecule has 25 heavy (non-hydrogen) atoms. The Morgan fingerprint density at radius 2 is 1.88 bits per heavy atom. The Morgan fingerprint density at radius 3 is 2.56 bits per heavy atom. The summed E-state index contributed by atoms with van der Waals surface area (Å²) in [4.78, 5) is 16.9. The minimum atomic E-state index is -0.918. The van der Waals surface area contributed by atoms with Crippen LogP contribution in [-0.4, -0.2) is 53.0 Å². The van der Waals surface area contributed by atoms with Crippen molar-refractivity contribution < 1.29 is 14.3 Å². The molecule has 2 saturated heterocycles. The molecule has 5 nitrogen and oxygen atoms in total. The second-order valence-corrected chi connectivity index (χ2v) is 7.06. The third kappa shape index (κ3) is 2.98. The molecule has 0 spiro atoms. The van der Waals surface area contributed by atoms with Crippen LogP contribution in [0.4, 0.5) is 0 Å². The molecule has 132 valence electrons. The first-order valence-electron chi connectivity index (χ1n) is 9.02. The number of piperidine rings is 1. The number of aliphatic hydroxyl groups is 1. The highest BCUT2D eigenvalue weighted by Gasteiger charge is 2.47. The number of nitrogens with zero attached hydrogens (tertiary/aromatic N) is 2. The predicted octanol–water partition coefficient (Wildman–Crippen LogP) is 2.48. The van der Waals surface area contributed by atoms with Gasteiger partial charge in [0.05, 0.1) is 17.9 Å². The predicted molar refractivity (Wildman–Crippen MR) is 94.2 cm³/mol. The van der Waals surface area contributed by atoms with Crippen LogP contribution >= 0.6 is 0 Å². The van der Waals surface area contributed by atoms with Gasteiger partial charge in [-0.05, 0) is 44.0 Å². The van der Waals surface area contributed by atoms with Crippen molar-refractivity contribution in [1.82, 2.24) is 9.80 Å². The van der Waals surface area contributed by atoms with E-state index in [4.69, 9.17) is 4.42 Å². The first-order valence-corrected chi connectivity index (χ1v) is 9.02. The van der Waals surface area contributed by atoms with Crippen molar-refractivity contribution in [1.29, 1.82) is 0 Å². The van der Waals surface area contributed by atoms with Gasteiger partial charge >= 0.3 is 0 Å². The lowest BCUT2D eigenvalue weighted by atomic mass is 9.79. The fraction of sp³-hybridized carbons (Fsp3) is 0.450. The zero-order valence-electron chi connectivity index (χ0n) is 14.3. The van der Waals surface area contributed by atoms with E-state index in [0.29, 0.717) is 25.1 Å². The van der Waals surface area contributed by atoms with Crippen LogP contribution in [0.2, 0.25) is 0 Å². The van der Waals surface area contributed by atoms with Gasteiger partial charge in [0.2, 0.25) is 0 Å². The van der Waals surface area contributed by atoms with Crippen molar-refractivity contribution in [3.05, 3.63) is 60.1 Å². The summed E-state index contributed by atoms with van der Waals surface area (Å²) >= 11 is 0. The summed E-state index contributed by atoms with van der Waals surface area (Å²) in [7, 11) is 0. The van der Waals surface area contributed by atoms with Crippen molar-refractivity contribution in [2.45, 2.75) is 30.9 Å². The normalized spacial score (nSPS) is 27.6. The van der Waals surface area contributed by atoms with Crippen LogP contribution < -0.4 is 0 Å². The maximum absolute atomic E-state index is 12.7. The summed E-state index contributed by atoms with van der Waals surface area (Å²) in [6.45, 7) is 3.04. The number of amides is 1. The van der Waals surface area contributed by atoms with Gasteiger partial charge in [0.15, 0.2) is 0 Å². The van der Waals surface area contributed by atoms with Crippen LogP contribution in [-0.2, 0) is 5.60 Å². The molecule has 0 bridgehead atoms. The number of furan rings is 1. The third-order valence-electron chi connectivity index (χ3n) is 5.62. The van der Waals surface area contributed by atoms with Gasteiger partial charge in [-0.2, -0.15) is 0 Å². The second-order valence-electron chi connectivity index (χ2n) is 7.06. The Labute approximate surface area is 147 Å². The molecule has 2 aliphatic rings. The van der Waals surface area contributed by atoms with Crippen molar-refractivity contribution in [3.8, 4) is 0 Å². The molecule has 3 heterocycles. The summed E-state index contributed by atoms with van der Waals surface area (Å²) in [5.74, 6) is -0.0203. The number of hydrogen-bond donors (Lipinski definition) is 1. The van der Waals surface area contributed by atoms with Gasteiger partial charge in [0, 0.05) is 13.1 Å². The summed E-state index contributed by atoms with van der Waals surface area (Å²) < 4.78 is 5.06. The third-order valence-corrected chi connectivity index (χ3v) is 5.62. The number of carbonyl (C=O) groups is 1. The first-order chi connectivity index (χ1) is 12.2. The monoisotopic (exact) mass is 340 g/mol. The van der Waals surface area contributed by atoms with Gasteiger partial charge in [-0.25, -0.2) is 0 Å². The number of rotatable bonds is 3. The Balaban J connectivity index is 1.62. The van der Waals surface area contributed by atoms with E-state index in [2.05, 4.69) is 4.90 Å². The summed E-state index contributed by atoms with van der Waals surface area (Å²) in [5, 5.41) is 11.6. The van der Waals surface area contributed by atoms with Gasteiger partial charge in [-0.15, -0.1) is 0 Å². The molecular formula is C20H24N2O3. The van der Waals surface area contributed by atoms with Crippen LogP contribution in [0.1, 0.15) is 35.2 Å². The molecule has 2 unspecified atom stereocenters. The highest BCUT2D eigenvalue weighted by molar-refractivity contribution is 5.93. The Bertz CT molecular complexity index is 710. The van der Waals surface area contributed by atoms with Crippen molar-refractivity contribution >= 4 is 5.91 Å². The smallest absolute Gasteiger partial charge is 0.257 e. The maximum Gasteiger partial charge on any atom is 0.257 e. The summed E-state index contributed by atoms with van der Waals surface area (Å²) in [5.41, 5.74) is 0.603. The van der Waals surface area contributed by atoms with Crippen LogP contribution in [0.15, 0.2) is 53.3 Å². The van der Waals surface area contributed by atoms with E-state index >= 15 is 0 Å². The average Bonchev–Trinajstić information content (AvgIpc) is 3.36. The molecule has 2 atom stereocenters. The van der Waals surface area contributed by atoms with Crippen LogP contribution in [0, 0.1) is 0 Å². The van der Waals surface area contributed by atoms with E-state index in [1.807, 2.05) is 35.2 Å². The maximum atomic E-state index is 12.7. The average molecular weight is 340 g/mol. The van der Waals surface area contributed by atoms with Crippen molar-refractivity contribution in [2.75, 3.05) is 26.2 Å². The van der Waals surface area contributed by atoms with Gasteiger partial charge in [-0.1, -0.05) is 30.3 Å². The molecule has 0 radical (unpaired) electrons. The van der Waals surface area contributed by atoms with E-state index in [0.717, 1.165) is 31.5 Å². The fourth-order valence-electron chi connectivity index (χ4n) is 4.21. The summed E-state index contributed by atoms with van der Waals surface area (Å²) in [6.07, 6.45) is 5.86. The van der Waals surface area contributed by atoms with Gasteiger partial charge in [-0.3, -0.25) is 9.69 Å². The number of hydrogen-bond acceptors (Lipinski definition) is 4. The number of likely N-dealkylation sites (tertiary alicyclic amines) is 2. The summed E-state index contributed by atoms with van der Waals surface area (Å²) in [6, 6.07) is 11.5. The molecule has 1 N–H and O–H groups in total. The lowest BCUT2D eigenvalue weighted by Gasteiger charge is -2.48. The molecule has 2 aromatic rings. The minimum Gasteiger partial charge on any atom is -0.472 e. The van der Waals surface area contributed by atoms with E-state index in [-0.39, 0.29) is 11.9 Å².